The van der Waals surface area contributed by atoms with Crippen LogP contribution >= 0.6 is 0 Å². The zero-order valence-corrected chi connectivity index (χ0v) is 19.1. The summed E-state index contributed by atoms with van der Waals surface area (Å²) in [5.74, 6) is 0.937. The van der Waals surface area contributed by atoms with Gasteiger partial charge in [-0.2, -0.15) is 13.2 Å². The molecule has 0 aliphatic carbocycles. The molecule has 9 heteroatoms. The Morgan fingerprint density at radius 2 is 1.58 bits per heavy atom. The quantitative estimate of drug-likeness (QED) is 0.432. The predicted octanol–water partition coefficient (Wildman–Crippen LogP) is 6.32. The van der Waals surface area contributed by atoms with Crippen LogP contribution in [-0.4, -0.2) is 29.3 Å². The number of nitrogens with two attached hydrogens (primary N) is 1. The molecule has 1 aromatic heterocycles. The summed E-state index contributed by atoms with van der Waals surface area (Å²) in [7, 11) is 0. The van der Waals surface area contributed by atoms with E-state index >= 15 is 0 Å². The maximum absolute atomic E-state index is 12.7. The van der Waals surface area contributed by atoms with Gasteiger partial charge < -0.3 is 20.5 Å². The zero-order valence-electron chi connectivity index (χ0n) is 19.1. The number of benzene rings is 2. The summed E-state index contributed by atoms with van der Waals surface area (Å²) in [5, 5.41) is 3.09. The number of rotatable bonds is 5. The molecular weight excluding hydrogens is 433 g/mol. The number of nitrogen functional groups attached to an aromatic ring is 1. The molecule has 2 heterocycles. The standard InChI is InChI=1S/C20H17F3N4O2.2C2H6/c21-20(22,23)12-1-4-14(5-2-12)27-18-6-3-13(24)7-17(18)19-25-8-15(9-26-19)29-16-10-28-11-16;2*1-2/h1-9,16,27H,10-11,24H2;2*1-2H3. The van der Waals surface area contributed by atoms with Crippen LogP contribution in [0.5, 0.6) is 5.75 Å². The van der Waals surface area contributed by atoms with Gasteiger partial charge in [0.25, 0.3) is 0 Å². The lowest BCUT2D eigenvalue weighted by atomic mass is 10.1. The Hall–Kier alpha value is -3.33. The highest BCUT2D eigenvalue weighted by Gasteiger charge is 2.30. The van der Waals surface area contributed by atoms with Crippen LogP contribution < -0.4 is 15.8 Å². The minimum Gasteiger partial charge on any atom is -0.482 e. The van der Waals surface area contributed by atoms with E-state index in [1.807, 2.05) is 27.7 Å². The highest BCUT2D eigenvalue weighted by molar-refractivity contribution is 5.80. The van der Waals surface area contributed by atoms with E-state index in [2.05, 4.69) is 15.3 Å². The van der Waals surface area contributed by atoms with Gasteiger partial charge >= 0.3 is 6.18 Å². The lowest BCUT2D eigenvalue weighted by molar-refractivity contribution is -0.137. The average Bonchev–Trinajstić information content (AvgIpc) is 2.80. The minimum absolute atomic E-state index is 0.00807. The Balaban J connectivity index is 0.000000914. The van der Waals surface area contributed by atoms with Crippen molar-refractivity contribution < 1.29 is 22.6 Å². The average molecular weight is 463 g/mol. The van der Waals surface area contributed by atoms with Crippen molar-refractivity contribution in [3.05, 3.63) is 60.4 Å². The number of halogens is 3. The number of alkyl halides is 3. The van der Waals surface area contributed by atoms with Gasteiger partial charge in [0.05, 0.1) is 31.2 Å². The first kappa shape index (κ1) is 25.9. The molecule has 178 valence electrons. The molecule has 1 aliphatic heterocycles. The second-order valence-electron chi connectivity index (χ2n) is 6.52. The van der Waals surface area contributed by atoms with Gasteiger partial charge in [0.15, 0.2) is 11.6 Å². The van der Waals surface area contributed by atoms with E-state index in [0.29, 0.717) is 47.4 Å². The van der Waals surface area contributed by atoms with Crippen LogP contribution in [0.2, 0.25) is 0 Å². The van der Waals surface area contributed by atoms with Crippen molar-refractivity contribution in [2.75, 3.05) is 24.3 Å². The molecule has 0 spiro atoms. The fourth-order valence-corrected chi connectivity index (χ4v) is 2.74. The van der Waals surface area contributed by atoms with E-state index in [9.17, 15) is 13.2 Å². The minimum atomic E-state index is -4.38. The molecule has 0 atom stereocenters. The lowest BCUT2D eigenvalue weighted by Gasteiger charge is -2.26. The van der Waals surface area contributed by atoms with Crippen molar-refractivity contribution in [1.82, 2.24) is 9.97 Å². The maximum Gasteiger partial charge on any atom is 0.416 e. The Morgan fingerprint density at radius 1 is 0.970 bits per heavy atom. The van der Waals surface area contributed by atoms with Gasteiger partial charge in [-0.3, -0.25) is 0 Å². The van der Waals surface area contributed by atoms with E-state index in [4.69, 9.17) is 15.2 Å². The van der Waals surface area contributed by atoms with Crippen LogP contribution in [-0.2, 0) is 10.9 Å². The highest BCUT2D eigenvalue weighted by atomic mass is 19.4. The summed E-state index contributed by atoms with van der Waals surface area (Å²) in [5.41, 5.74) is 7.42. The third-order valence-corrected chi connectivity index (χ3v) is 4.31. The van der Waals surface area contributed by atoms with Crippen molar-refractivity contribution in [3.63, 3.8) is 0 Å². The predicted molar refractivity (Wildman–Crippen MR) is 125 cm³/mol. The number of hydrogen-bond donors (Lipinski definition) is 2. The van der Waals surface area contributed by atoms with Crippen molar-refractivity contribution >= 4 is 17.1 Å². The summed E-state index contributed by atoms with van der Waals surface area (Å²) >= 11 is 0. The van der Waals surface area contributed by atoms with Gasteiger partial charge in [-0.25, -0.2) is 9.97 Å². The summed E-state index contributed by atoms with van der Waals surface area (Å²) in [4.78, 5) is 8.66. The lowest BCUT2D eigenvalue weighted by Crippen LogP contribution is -2.38. The Bertz CT molecular complexity index is 990. The molecule has 1 aliphatic rings. The third-order valence-electron chi connectivity index (χ3n) is 4.31. The van der Waals surface area contributed by atoms with Gasteiger partial charge in [0.1, 0.15) is 6.10 Å². The molecule has 0 radical (unpaired) electrons. The third kappa shape index (κ3) is 7.08. The number of aromatic nitrogens is 2. The molecule has 3 N–H and O–H groups in total. The number of nitrogens with zero attached hydrogens (tertiary/aromatic N) is 2. The van der Waals surface area contributed by atoms with Gasteiger partial charge in [0, 0.05) is 22.6 Å². The molecule has 4 rings (SSSR count). The van der Waals surface area contributed by atoms with E-state index in [0.717, 1.165) is 12.1 Å². The van der Waals surface area contributed by atoms with Crippen LogP contribution in [0.3, 0.4) is 0 Å². The molecule has 6 nitrogen and oxygen atoms in total. The van der Waals surface area contributed by atoms with E-state index in [-0.39, 0.29) is 6.10 Å². The van der Waals surface area contributed by atoms with Crippen LogP contribution in [0.1, 0.15) is 33.3 Å². The molecule has 0 unspecified atom stereocenters. The molecule has 0 amide bonds. The van der Waals surface area contributed by atoms with E-state index in [1.165, 1.54) is 12.1 Å². The molecule has 33 heavy (non-hydrogen) atoms. The summed E-state index contributed by atoms with van der Waals surface area (Å²) in [6.45, 7) is 9.08. The first-order chi connectivity index (χ1) is 15.9. The molecule has 2 aromatic carbocycles. The maximum atomic E-state index is 12.7. The van der Waals surface area contributed by atoms with Crippen LogP contribution in [0.15, 0.2) is 54.9 Å². The normalized spacial score (nSPS) is 12.9. The van der Waals surface area contributed by atoms with Crippen LogP contribution in [0.25, 0.3) is 11.4 Å². The van der Waals surface area contributed by atoms with E-state index < -0.39 is 11.7 Å². The summed E-state index contributed by atoms with van der Waals surface area (Å²) in [6, 6.07) is 9.87. The monoisotopic (exact) mass is 462 g/mol. The molecule has 1 saturated heterocycles. The molecule has 0 saturated carbocycles. The smallest absolute Gasteiger partial charge is 0.416 e. The van der Waals surface area contributed by atoms with Gasteiger partial charge in [-0.1, -0.05) is 27.7 Å². The van der Waals surface area contributed by atoms with Crippen molar-refractivity contribution in [3.8, 4) is 17.1 Å². The van der Waals surface area contributed by atoms with Gasteiger partial charge in [-0.15, -0.1) is 0 Å². The summed E-state index contributed by atoms with van der Waals surface area (Å²) < 4.78 is 48.9. The Labute approximate surface area is 192 Å². The Kier molecular flexibility index (Phi) is 9.47. The highest BCUT2D eigenvalue weighted by Crippen LogP contribution is 2.33. The molecular formula is C24H29F3N4O2. The van der Waals surface area contributed by atoms with Gasteiger partial charge in [0.2, 0.25) is 0 Å². The SMILES string of the molecule is CC.CC.Nc1ccc(Nc2ccc(C(F)(F)F)cc2)c(-c2ncc(OC3COC3)cn2)c1. The second kappa shape index (κ2) is 12.1. The van der Waals surface area contributed by atoms with Crippen molar-refractivity contribution in [2.45, 2.75) is 40.0 Å². The van der Waals surface area contributed by atoms with Crippen molar-refractivity contribution in [2.24, 2.45) is 0 Å². The van der Waals surface area contributed by atoms with Crippen LogP contribution in [0.4, 0.5) is 30.2 Å². The topological polar surface area (TPSA) is 82.3 Å². The summed E-state index contributed by atoms with van der Waals surface area (Å²) in [6.07, 6.45) is -1.25. The van der Waals surface area contributed by atoms with Crippen molar-refractivity contribution in [1.29, 1.82) is 0 Å². The number of ether oxygens (including phenoxy) is 2. The number of anilines is 3. The fourth-order valence-electron chi connectivity index (χ4n) is 2.74. The van der Waals surface area contributed by atoms with Gasteiger partial charge in [-0.05, 0) is 42.5 Å². The first-order valence-electron chi connectivity index (χ1n) is 10.8. The zero-order chi connectivity index (χ0) is 24.4. The molecule has 3 aromatic rings. The first-order valence-corrected chi connectivity index (χ1v) is 10.8. The largest absolute Gasteiger partial charge is 0.482 e. The number of nitrogens with one attached hydrogen (secondary N) is 1. The Morgan fingerprint density at radius 3 is 2.09 bits per heavy atom. The second-order valence-corrected chi connectivity index (χ2v) is 6.52. The molecule has 0 bridgehead atoms. The number of hydrogen-bond acceptors (Lipinski definition) is 6. The van der Waals surface area contributed by atoms with Crippen LogP contribution in [0, 0.1) is 0 Å². The fraction of sp³-hybridized carbons (Fsp3) is 0.333. The molecule has 1 fully saturated rings. The van der Waals surface area contributed by atoms with E-state index in [1.54, 1.807) is 30.6 Å².